The smallest absolute Gasteiger partial charge is 0.339 e. The molecule has 0 aromatic heterocycles. The van der Waals surface area contributed by atoms with Gasteiger partial charge >= 0.3 is 5.97 Å². The van der Waals surface area contributed by atoms with E-state index in [1.807, 2.05) is 24.3 Å². The Labute approximate surface area is 140 Å². The van der Waals surface area contributed by atoms with Gasteiger partial charge in [-0.25, -0.2) is 4.79 Å². The number of ether oxygens (including phenoxy) is 2. The zero-order chi connectivity index (χ0) is 15.4. The molecule has 0 aliphatic heterocycles. The third-order valence-corrected chi connectivity index (χ3v) is 3.70. The summed E-state index contributed by atoms with van der Waals surface area (Å²) in [6.07, 6.45) is 0. The van der Waals surface area contributed by atoms with E-state index in [-0.39, 0.29) is 22.9 Å². The molecule has 2 aromatic rings. The minimum atomic E-state index is -1.12. The van der Waals surface area contributed by atoms with Crippen molar-refractivity contribution in [1.29, 1.82) is 0 Å². The Morgan fingerprint density at radius 2 is 1.95 bits per heavy atom. The van der Waals surface area contributed by atoms with E-state index in [1.165, 1.54) is 19.2 Å². The number of hydrogen-bond acceptors (Lipinski definition) is 3. The number of carboxylic acids is 1. The van der Waals surface area contributed by atoms with E-state index in [0.29, 0.717) is 5.75 Å². The fourth-order valence-electron chi connectivity index (χ4n) is 1.76. The Morgan fingerprint density at radius 3 is 2.52 bits per heavy atom. The molecule has 0 spiro atoms. The summed E-state index contributed by atoms with van der Waals surface area (Å²) < 4.78 is 11.9. The Balaban J connectivity index is 2.29. The van der Waals surface area contributed by atoms with Gasteiger partial charge in [0.15, 0.2) is 11.5 Å². The lowest BCUT2D eigenvalue weighted by atomic mass is 10.2. The van der Waals surface area contributed by atoms with Crippen LogP contribution in [0.25, 0.3) is 0 Å². The lowest BCUT2D eigenvalue weighted by molar-refractivity contribution is 0.0691. The van der Waals surface area contributed by atoms with Crippen LogP contribution in [0.3, 0.4) is 0 Å². The average molecular weight is 419 g/mol. The van der Waals surface area contributed by atoms with E-state index in [9.17, 15) is 9.90 Å². The number of carboxylic acid groups (broad SMARTS) is 1. The highest BCUT2D eigenvalue weighted by Crippen LogP contribution is 2.35. The lowest BCUT2D eigenvalue weighted by Gasteiger charge is -2.14. The standard InChI is InChI=1S/C15H12ClIO4/c1-20-13-7-10(16)6-12(15(18)19)14(13)21-8-9-2-4-11(17)5-3-9/h2-7H,8H2,1H3,(H,18,19). The molecule has 0 aliphatic carbocycles. The van der Waals surface area contributed by atoms with E-state index in [2.05, 4.69) is 22.6 Å². The summed E-state index contributed by atoms with van der Waals surface area (Å²) in [4.78, 5) is 11.3. The average Bonchev–Trinajstić information content (AvgIpc) is 2.46. The van der Waals surface area contributed by atoms with Crippen LogP contribution in [-0.2, 0) is 6.61 Å². The quantitative estimate of drug-likeness (QED) is 0.738. The zero-order valence-electron chi connectivity index (χ0n) is 11.1. The largest absolute Gasteiger partial charge is 0.493 e. The van der Waals surface area contributed by atoms with Gasteiger partial charge in [-0.05, 0) is 46.4 Å². The number of benzene rings is 2. The molecule has 0 atom stereocenters. The van der Waals surface area contributed by atoms with E-state index < -0.39 is 5.97 Å². The third-order valence-electron chi connectivity index (χ3n) is 2.77. The normalized spacial score (nSPS) is 10.2. The van der Waals surface area contributed by atoms with Crippen molar-refractivity contribution in [1.82, 2.24) is 0 Å². The molecular weight excluding hydrogens is 407 g/mol. The van der Waals surface area contributed by atoms with Crippen molar-refractivity contribution in [2.75, 3.05) is 7.11 Å². The van der Waals surface area contributed by atoms with Gasteiger partial charge in [0.1, 0.15) is 12.2 Å². The highest BCUT2D eigenvalue weighted by Gasteiger charge is 2.18. The first-order valence-electron chi connectivity index (χ1n) is 5.99. The summed E-state index contributed by atoms with van der Waals surface area (Å²) in [6, 6.07) is 10.6. The molecule has 110 valence electrons. The van der Waals surface area contributed by atoms with E-state index >= 15 is 0 Å². The molecular formula is C15H12ClIO4. The lowest BCUT2D eigenvalue weighted by Crippen LogP contribution is -2.05. The minimum Gasteiger partial charge on any atom is -0.493 e. The topological polar surface area (TPSA) is 55.8 Å². The first-order chi connectivity index (χ1) is 10.0. The molecule has 2 rings (SSSR count). The summed E-state index contributed by atoms with van der Waals surface area (Å²) in [5, 5.41) is 9.53. The number of methoxy groups -OCH3 is 1. The van der Waals surface area contributed by atoms with Gasteiger partial charge in [0.25, 0.3) is 0 Å². The number of carbonyl (C=O) groups is 1. The van der Waals surface area contributed by atoms with Crippen molar-refractivity contribution in [3.8, 4) is 11.5 Å². The van der Waals surface area contributed by atoms with Crippen molar-refractivity contribution in [3.05, 3.63) is 56.1 Å². The fraction of sp³-hybridized carbons (Fsp3) is 0.133. The van der Waals surface area contributed by atoms with Crippen LogP contribution in [0, 0.1) is 3.57 Å². The molecule has 6 heteroatoms. The molecule has 2 aromatic carbocycles. The van der Waals surface area contributed by atoms with Crippen LogP contribution < -0.4 is 9.47 Å². The van der Waals surface area contributed by atoms with Gasteiger partial charge in [-0.2, -0.15) is 0 Å². The van der Waals surface area contributed by atoms with Crippen molar-refractivity contribution in [2.24, 2.45) is 0 Å². The molecule has 1 N–H and O–H groups in total. The van der Waals surface area contributed by atoms with Crippen LogP contribution in [0.1, 0.15) is 15.9 Å². The molecule has 0 saturated carbocycles. The molecule has 0 radical (unpaired) electrons. The zero-order valence-corrected chi connectivity index (χ0v) is 14.0. The molecule has 0 amide bonds. The predicted octanol–water partition coefficient (Wildman–Crippen LogP) is 4.23. The first kappa shape index (κ1) is 15.9. The summed E-state index contributed by atoms with van der Waals surface area (Å²) in [5.41, 5.74) is 0.911. The molecule has 21 heavy (non-hydrogen) atoms. The Kier molecular flexibility index (Phi) is 5.30. The van der Waals surface area contributed by atoms with Crippen LogP contribution in [0.5, 0.6) is 11.5 Å². The highest BCUT2D eigenvalue weighted by atomic mass is 127. The molecule has 0 saturated heterocycles. The van der Waals surface area contributed by atoms with Crippen LogP contribution in [0.4, 0.5) is 0 Å². The van der Waals surface area contributed by atoms with Gasteiger partial charge in [0.2, 0.25) is 0 Å². The monoisotopic (exact) mass is 418 g/mol. The Hall–Kier alpha value is -1.47. The molecule has 0 fully saturated rings. The number of hydrogen-bond donors (Lipinski definition) is 1. The summed E-state index contributed by atoms with van der Waals surface area (Å²) in [5.74, 6) is -0.647. The van der Waals surface area contributed by atoms with Crippen LogP contribution in [0.2, 0.25) is 5.02 Å². The maximum absolute atomic E-state index is 11.3. The number of aromatic carboxylic acids is 1. The van der Waals surface area contributed by atoms with Gasteiger partial charge in [-0.15, -0.1) is 0 Å². The molecule has 0 aliphatic rings. The second-order valence-electron chi connectivity index (χ2n) is 4.21. The second-order valence-corrected chi connectivity index (χ2v) is 5.89. The predicted molar refractivity (Wildman–Crippen MR) is 88.5 cm³/mol. The van der Waals surface area contributed by atoms with Gasteiger partial charge < -0.3 is 14.6 Å². The maximum Gasteiger partial charge on any atom is 0.339 e. The van der Waals surface area contributed by atoms with Crippen molar-refractivity contribution in [2.45, 2.75) is 6.61 Å². The number of halogens is 2. The molecule has 0 bridgehead atoms. The second kappa shape index (κ2) is 7.00. The van der Waals surface area contributed by atoms with Crippen molar-refractivity contribution in [3.63, 3.8) is 0 Å². The summed E-state index contributed by atoms with van der Waals surface area (Å²) in [7, 11) is 1.44. The molecule has 0 heterocycles. The number of rotatable bonds is 5. The Morgan fingerprint density at radius 1 is 1.29 bits per heavy atom. The van der Waals surface area contributed by atoms with Crippen molar-refractivity contribution < 1.29 is 19.4 Å². The molecule has 4 nitrogen and oxygen atoms in total. The highest BCUT2D eigenvalue weighted by molar-refractivity contribution is 14.1. The maximum atomic E-state index is 11.3. The Bertz CT molecular complexity index is 655. The molecule has 0 unspecified atom stereocenters. The summed E-state index contributed by atoms with van der Waals surface area (Å²) >= 11 is 8.09. The fourth-order valence-corrected chi connectivity index (χ4v) is 2.33. The van der Waals surface area contributed by atoms with E-state index in [4.69, 9.17) is 21.1 Å². The van der Waals surface area contributed by atoms with Gasteiger partial charge in [-0.3, -0.25) is 0 Å². The van der Waals surface area contributed by atoms with Crippen LogP contribution in [-0.4, -0.2) is 18.2 Å². The van der Waals surface area contributed by atoms with E-state index in [1.54, 1.807) is 0 Å². The van der Waals surface area contributed by atoms with Crippen molar-refractivity contribution >= 4 is 40.2 Å². The third kappa shape index (κ3) is 4.01. The van der Waals surface area contributed by atoms with E-state index in [0.717, 1.165) is 9.13 Å². The van der Waals surface area contributed by atoms with Crippen LogP contribution >= 0.6 is 34.2 Å². The minimum absolute atomic E-state index is 0.0233. The SMILES string of the molecule is COc1cc(Cl)cc(C(=O)O)c1OCc1ccc(I)cc1. The first-order valence-corrected chi connectivity index (χ1v) is 7.45. The van der Waals surface area contributed by atoms with Crippen LogP contribution in [0.15, 0.2) is 36.4 Å². The summed E-state index contributed by atoms with van der Waals surface area (Å²) in [6.45, 7) is 0.245. The van der Waals surface area contributed by atoms with Gasteiger partial charge in [-0.1, -0.05) is 23.7 Å². The van der Waals surface area contributed by atoms with Gasteiger partial charge in [0.05, 0.1) is 7.11 Å². The van der Waals surface area contributed by atoms with Gasteiger partial charge in [0, 0.05) is 14.7 Å².